The van der Waals surface area contributed by atoms with E-state index in [9.17, 15) is 9.90 Å². The maximum absolute atomic E-state index is 11.3. The van der Waals surface area contributed by atoms with Crippen LogP contribution in [0.1, 0.15) is 22.3 Å². The van der Waals surface area contributed by atoms with Crippen LogP contribution in [0.5, 0.6) is 0 Å². The van der Waals surface area contributed by atoms with E-state index in [-0.39, 0.29) is 19.8 Å². The molecule has 1 heterocycles. The summed E-state index contributed by atoms with van der Waals surface area (Å²) < 4.78 is 32.6. The minimum atomic E-state index is -1.08. The standard InChI is InChI=1S/C37H41NO7/c39-27-38-21-32(40)34-36(43-24-30-17-9-3-10-18-30)37(44-25-31-19-11-4-12-20-31)35(42-23-29-15-7-2-8-16-29)33(45-34)26-41-22-28-13-5-1-6-14-28/h1-20,27,32-37,40H,21-26H2,(H,38,39)/t32?,33-,34+,35-,36+,37+/m1/s1. The van der Waals surface area contributed by atoms with E-state index in [1.807, 2.05) is 121 Å². The van der Waals surface area contributed by atoms with Gasteiger partial charge in [0.15, 0.2) is 0 Å². The lowest BCUT2D eigenvalue weighted by molar-refractivity contribution is -0.286. The minimum absolute atomic E-state index is 0.0160. The first-order valence-corrected chi connectivity index (χ1v) is 15.3. The van der Waals surface area contributed by atoms with Gasteiger partial charge in [0.05, 0.1) is 33.0 Å². The van der Waals surface area contributed by atoms with Crippen LogP contribution in [0.15, 0.2) is 121 Å². The van der Waals surface area contributed by atoms with Gasteiger partial charge in [0.25, 0.3) is 0 Å². The van der Waals surface area contributed by atoms with Crippen LogP contribution >= 0.6 is 0 Å². The molecule has 45 heavy (non-hydrogen) atoms. The summed E-state index contributed by atoms with van der Waals surface area (Å²) in [6.07, 6.45) is -3.95. The van der Waals surface area contributed by atoms with Crippen molar-refractivity contribution in [3.05, 3.63) is 144 Å². The van der Waals surface area contributed by atoms with Crippen LogP contribution in [0.25, 0.3) is 0 Å². The first-order chi connectivity index (χ1) is 22.2. The molecule has 1 saturated heterocycles. The van der Waals surface area contributed by atoms with Crippen molar-refractivity contribution >= 4 is 6.41 Å². The van der Waals surface area contributed by atoms with Crippen LogP contribution in [-0.4, -0.2) is 61.3 Å². The van der Waals surface area contributed by atoms with Gasteiger partial charge in [0.1, 0.15) is 36.6 Å². The van der Waals surface area contributed by atoms with Gasteiger partial charge in [-0.05, 0) is 22.3 Å². The number of aliphatic hydroxyl groups excluding tert-OH is 1. The smallest absolute Gasteiger partial charge is 0.207 e. The summed E-state index contributed by atoms with van der Waals surface area (Å²) in [4.78, 5) is 11.2. The van der Waals surface area contributed by atoms with Crippen molar-refractivity contribution in [1.82, 2.24) is 5.32 Å². The molecule has 0 radical (unpaired) electrons. The van der Waals surface area contributed by atoms with Crippen LogP contribution in [-0.2, 0) is 54.9 Å². The molecule has 6 atom stereocenters. The van der Waals surface area contributed by atoms with Gasteiger partial charge < -0.3 is 34.1 Å². The first kappa shape index (κ1) is 32.5. The summed E-state index contributed by atoms with van der Waals surface area (Å²) >= 11 is 0. The maximum Gasteiger partial charge on any atom is 0.207 e. The quantitative estimate of drug-likeness (QED) is 0.165. The number of amides is 1. The Kier molecular flexibility index (Phi) is 12.7. The summed E-state index contributed by atoms with van der Waals surface area (Å²) in [7, 11) is 0. The zero-order valence-corrected chi connectivity index (χ0v) is 25.2. The van der Waals surface area contributed by atoms with Crippen LogP contribution in [0, 0.1) is 0 Å². The molecule has 1 aliphatic rings. The fraction of sp³-hybridized carbons (Fsp3) is 0.324. The van der Waals surface area contributed by atoms with Crippen molar-refractivity contribution in [3.63, 3.8) is 0 Å². The number of aliphatic hydroxyl groups is 1. The van der Waals surface area contributed by atoms with Gasteiger partial charge in [-0.3, -0.25) is 4.79 Å². The highest BCUT2D eigenvalue weighted by Gasteiger charge is 2.50. The number of hydrogen-bond acceptors (Lipinski definition) is 7. The molecule has 0 spiro atoms. The number of carbonyl (C=O) groups is 1. The predicted molar refractivity (Wildman–Crippen MR) is 170 cm³/mol. The fourth-order valence-electron chi connectivity index (χ4n) is 5.42. The molecule has 0 aliphatic carbocycles. The van der Waals surface area contributed by atoms with Gasteiger partial charge in [0, 0.05) is 6.54 Å². The van der Waals surface area contributed by atoms with E-state index in [4.69, 9.17) is 23.7 Å². The number of benzene rings is 4. The summed E-state index contributed by atoms with van der Waals surface area (Å²) in [5.41, 5.74) is 3.99. The highest BCUT2D eigenvalue weighted by molar-refractivity contribution is 5.45. The Hall–Kier alpha value is -3.89. The molecule has 5 rings (SSSR count). The van der Waals surface area contributed by atoms with E-state index in [0.29, 0.717) is 26.2 Å². The third kappa shape index (κ3) is 9.80. The molecule has 2 N–H and O–H groups in total. The Morgan fingerprint density at radius 2 is 1.04 bits per heavy atom. The Bertz CT molecular complexity index is 1380. The van der Waals surface area contributed by atoms with E-state index in [1.165, 1.54) is 0 Å². The molecule has 0 saturated carbocycles. The summed E-state index contributed by atoms with van der Waals surface area (Å²) in [6.45, 7) is 1.45. The van der Waals surface area contributed by atoms with E-state index in [2.05, 4.69) is 5.32 Å². The van der Waals surface area contributed by atoms with Gasteiger partial charge in [-0.1, -0.05) is 121 Å². The lowest BCUT2D eigenvalue weighted by Gasteiger charge is -2.47. The molecule has 4 aromatic carbocycles. The molecule has 4 aromatic rings. The summed E-state index contributed by atoms with van der Waals surface area (Å²) in [6, 6.07) is 39.5. The topological polar surface area (TPSA) is 95.5 Å². The third-order valence-electron chi connectivity index (χ3n) is 7.71. The molecule has 1 fully saturated rings. The molecule has 0 bridgehead atoms. The number of rotatable bonds is 17. The minimum Gasteiger partial charge on any atom is -0.388 e. The Labute approximate surface area is 264 Å². The Morgan fingerprint density at radius 1 is 0.622 bits per heavy atom. The second-order valence-electron chi connectivity index (χ2n) is 11.0. The zero-order chi connectivity index (χ0) is 31.1. The lowest BCUT2D eigenvalue weighted by Crippen LogP contribution is -2.64. The van der Waals surface area contributed by atoms with Crippen LogP contribution in [0.3, 0.4) is 0 Å². The second kappa shape index (κ2) is 17.6. The fourth-order valence-corrected chi connectivity index (χ4v) is 5.42. The van der Waals surface area contributed by atoms with Gasteiger partial charge in [-0.15, -0.1) is 0 Å². The van der Waals surface area contributed by atoms with Gasteiger partial charge in [-0.2, -0.15) is 0 Å². The zero-order valence-electron chi connectivity index (χ0n) is 25.2. The Balaban J connectivity index is 1.45. The third-order valence-corrected chi connectivity index (χ3v) is 7.71. The summed E-state index contributed by atoms with van der Waals surface area (Å²) in [5, 5.41) is 13.9. The molecular formula is C37H41NO7. The van der Waals surface area contributed by atoms with Crippen molar-refractivity contribution in [2.75, 3.05) is 13.2 Å². The summed E-state index contributed by atoms with van der Waals surface area (Å²) in [5.74, 6) is 0. The maximum atomic E-state index is 11.3. The van der Waals surface area contributed by atoms with Crippen molar-refractivity contribution in [1.29, 1.82) is 0 Å². The second-order valence-corrected chi connectivity index (χ2v) is 11.0. The van der Waals surface area contributed by atoms with Crippen molar-refractivity contribution in [2.45, 2.75) is 63.1 Å². The van der Waals surface area contributed by atoms with E-state index >= 15 is 0 Å². The molecule has 1 aliphatic heterocycles. The molecular weight excluding hydrogens is 570 g/mol. The number of hydrogen-bond donors (Lipinski definition) is 2. The molecule has 236 valence electrons. The van der Waals surface area contributed by atoms with Gasteiger partial charge in [-0.25, -0.2) is 0 Å². The number of nitrogens with one attached hydrogen (secondary N) is 1. The van der Waals surface area contributed by atoms with Gasteiger partial charge in [0.2, 0.25) is 6.41 Å². The van der Waals surface area contributed by atoms with Gasteiger partial charge >= 0.3 is 0 Å². The molecule has 8 nitrogen and oxygen atoms in total. The SMILES string of the molecule is O=CNCC(O)[C@@H]1O[C@H](COCc2ccccc2)[C@@H](OCc2ccccc2)[C@H](OCc2ccccc2)[C@H]1OCc1ccccc1. The largest absolute Gasteiger partial charge is 0.388 e. The lowest BCUT2D eigenvalue weighted by atomic mass is 9.91. The van der Waals surface area contributed by atoms with Crippen molar-refractivity contribution in [2.24, 2.45) is 0 Å². The molecule has 0 aromatic heterocycles. The van der Waals surface area contributed by atoms with E-state index in [0.717, 1.165) is 22.3 Å². The van der Waals surface area contributed by atoms with E-state index in [1.54, 1.807) is 0 Å². The van der Waals surface area contributed by atoms with Crippen LogP contribution in [0.2, 0.25) is 0 Å². The van der Waals surface area contributed by atoms with E-state index < -0.39 is 36.6 Å². The highest BCUT2D eigenvalue weighted by Crippen LogP contribution is 2.32. The number of ether oxygens (including phenoxy) is 5. The van der Waals surface area contributed by atoms with Crippen molar-refractivity contribution in [3.8, 4) is 0 Å². The average molecular weight is 612 g/mol. The normalized spacial score (nSPS) is 22.0. The number of carbonyl (C=O) groups excluding carboxylic acids is 1. The average Bonchev–Trinajstić information content (AvgIpc) is 3.10. The molecule has 1 unspecified atom stereocenters. The monoisotopic (exact) mass is 611 g/mol. The molecule has 1 amide bonds. The van der Waals surface area contributed by atoms with Crippen molar-refractivity contribution < 1.29 is 33.6 Å². The molecule has 8 heteroatoms. The van der Waals surface area contributed by atoms with Crippen LogP contribution < -0.4 is 5.32 Å². The van der Waals surface area contributed by atoms with Crippen LogP contribution in [0.4, 0.5) is 0 Å². The highest BCUT2D eigenvalue weighted by atomic mass is 16.6. The predicted octanol–water partition coefficient (Wildman–Crippen LogP) is 4.83. The Morgan fingerprint density at radius 3 is 1.51 bits per heavy atom. The first-order valence-electron chi connectivity index (χ1n) is 15.3.